The van der Waals surface area contributed by atoms with Gasteiger partial charge in [-0.15, -0.1) is 11.8 Å². The van der Waals surface area contributed by atoms with Crippen LogP contribution >= 0.6 is 11.8 Å². The molecule has 1 atom stereocenters. The lowest BCUT2D eigenvalue weighted by atomic mass is 10.2. The number of hydrogen-bond acceptors (Lipinski definition) is 7. The fourth-order valence-corrected chi connectivity index (χ4v) is 2.87. The third kappa shape index (κ3) is 7.20. The Morgan fingerprint density at radius 1 is 1.25 bits per heavy atom. The number of benzene rings is 1. The van der Waals surface area contributed by atoms with Gasteiger partial charge in [0.25, 0.3) is 5.88 Å². The third-order valence-corrected chi connectivity index (χ3v) is 4.84. The molecule has 1 aromatic heterocycles. The van der Waals surface area contributed by atoms with Gasteiger partial charge in [0, 0.05) is 6.61 Å². The van der Waals surface area contributed by atoms with Crippen LogP contribution in [0, 0.1) is 0 Å². The van der Waals surface area contributed by atoms with Gasteiger partial charge in [-0.2, -0.15) is 0 Å². The van der Waals surface area contributed by atoms with Crippen molar-refractivity contribution >= 4 is 16.8 Å². The summed E-state index contributed by atoms with van der Waals surface area (Å²) in [4.78, 5) is 4.67. The van der Waals surface area contributed by atoms with Gasteiger partial charge in [-0.05, 0) is 35.5 Å². The Bertz CT molecular complexity index is 707. The van der Waals surface area contributed by atoms with E-state index in [2.05, 4.69) is 24.0 Å². The second-order valence-electron chi connectivity index (χ2n) is 6.32. The molecule has 1 aliphatic rings. The Morgan fingerprint density at radius 3 is 2.57 bits per heavy atom. The minimum absolute atomic E-state index is 0.196. The number of aliphatic imine (C=N–C) groups is 1. The number of hydrogen-bond donors (Lipinski definition) is 0. The van der Waals surface area contributed by atoms with Crippen molar-refractivity contribution in [1.82, 2.24) is 5.16 Å². The summed E-state index contributed by atoms with van der Waals surface area (Å²) in [5.41, 5.74) is 1.03. The van der Waals surface area contributed by atoms with Gasteiger partial charge in [0.1, 0.15) is 17.4 Å². The maximum atomic E-state index is 5.68. The van der Waals surface area contributed by atoms with E-state index >= 15 is 0 Å². The monoisotopic (exact) mass is 406 g/mol. The predicted molar refractivity (Wildman–Crippen MR) is 114 cm³/mol. The van der Waals surface area contributed by atoms with Crippen molar-refractivity contribution in [2.24, 2.45) is 4.99 Å². The predicted octanol–water partition coefficient (Wildman–Crippen LogP) is 4.97. The number of nitrogens with zero attached hydrogens (tertiary/aromatic N) is 2. The maximum Gasteiger partial charge on any atom is 0.255 e. The normalized spacial score (nSPS) is 16.4. The van der Waals surface area contributed by atoms with Crippen LogP contribution in [-0.2, 0) is 11.3 Å². The molecule has 0 spiro atoms. The van der Waals surface area contributed by atoms with E-state index in [9.17, 15) is 0 Å². The zero-order valence-corrected chi connectivity index (χ0v) is 18.0. The van der Waals surface area contributed by atoms with Crippen molar-refractivity contribution in [1.29, 1.82) is 0 Å². The third-order valence-electron chi connectivity index (χ3n) is 4.14. The second-order valence-corrected chi connectivity index (χ2v) is 7.12. The average molecular weight is 407 g/mol. The zero-order chi connectivity index (χ0) is 20.2. The average Bonchev–Trinajstić information content (AvgIpc) is 3.43. The number of unbranched alkanes of at least 4 members (excludes halogenated alkanes) is 1. The molecule has 7 heteroatoms. The van der Waals surface area contributed by atoms with Crippen LogP contribution in [0.5, 0.6) is 11.6 Å². The molecule has 154 valence electrons. The molecular weight excluding hydrogens is 376 g/mol. The van der Waals surface area contributed by atoms with Gasteiger partial charge in [0.2, 0.25) is 0 Å². The first kappa shape index (κ1) is 22.3. The first-order chi connectivity index (χ1) is 13.7. The lowest BCUT2D eigenvalue weighted by Gasteiger charge is -2.04. The van der Waals surface area contributed by atoms with Gasteiger partial charge in [-0.3, -0.25) is 4.99 Å². The van der Waals surface area contributed by atoms with Gasteiger partial charge in [-0.25, -0.2) is 0 Å². The first-order valence-corrected chi connectivity index (χ1v) is 10.8. The highest BCUT2D eigenvalue weighted by molar-refractivity contribution is 8.13. The SMILES string of the molecule is CCCC.COc1ccc(COc2cc(C(=NC3CCOC3)SC)on2)cc1. The molecule has 0 saturated carbocycles. The maximum absolute atomic E-state index is 5.68. The number of methoxy groups -OCH3 is 1. The highest BCUT2D eigenvalue weighted by Gasteiger charge is 2.18. The van der Waals surface area contributed by atoms with E-state index in [0.29, 0.717) is 24.9 Å². The summed E-state index contributed by atoms with van der Waals surface area (Å²) in [6, 6.07) is 9.67. The molecule has 1 aromatic carbocycles. The van der Waals surface area contributed by atoms with E-state index in [1.807, 2.05) is 30.5 Å². The Balaban J connectivity index is 0.000000640. The molecule has 2 aromatic rings. The second kappa shape index (κ2) is 12.5. The quantitative estimate of drug-likeness (QED) is 0.478. The molecule has 0 radical (unpaired) electrons. The molecule has 0 amide bonds. The summed E-state index contributed by atoms with van der Waals surface area (Å²) in [7, 11) is 1.64. The Hall–Kier alpha value is -1.99. The van der Waals surface area contributed by atoms with Crippen molar-refractivity contribution < 1.29 is 18.7 Å². The minimum Gasteiger partial charge on any atom is -0.497 e. The molecule has 1 saturated heterocycles. The van der Waals surface area contributed by atoms with Gasteiger partial charge < -0.3 is 18.7 Å². The molecule has 6 nitrogen and oxygen atoms in total. The highest BCUT2D eigenvalue weighted by Crippen LogP contribution is 2.21. The van der Waals surface area contributed by atoms with Crippen LogP contribution in [0.2, 0.25) is 0 Å². The summed E-state index contributed by atoms with van der Waals surface area (Å²) in [5.74, 6) is 1.89. The lowest BCUT2D eigenvalue weighted by molar-refractivity contribution is 0.194. The van der Waals surface area contributed by atoms with Gasteiger partial charge >= 0.3 is 0 Å². The standard InChI is InChI=1S/C17H20N2O4S.C4H10/c1-20-14-5-3-12(4-6-14)10-22-16-9-15(23-19-16)17(24-2)18-13-7-8-21-11-13;1-3-4-2/h3-6,9,13H,7-8,10-11H2,1-2H3;3-4H2,1-2H3. The van der Waals surface area contributed by atoms with Gasteiger partial charge in [-0.1, -0.05) is 38.8 Å². The number of thioether (sulfide) groups is 1. The molecule has 1 aliphatic heterocycles. The van der Waals surface area contributed by atoms with Gasteiger partial charge in [0.15, 0.2) is 5.76 Å². The molecule has 0 aliphatic carbocycles. The molecule has 1 fully saturated rings. The van der Waals surface area contributed by atoms with Crippen LogP contribution in [0.4, 0.5) is 0 Å². The van der Waals surface area contributed by atoms with Crippen LogP contribution in [-0.4, -0.2) is 42.8 Å². The van der Waals surface area contributed by atoms with Crippen LogP contribution < -0.4 is 9.47 Å². The fraction of sp³-hybridized carbons (Fsp3) is 0.524. The fourth-order valence-electron chi connectivity index (χ4n) is 2.31. The number of ether oxygens (including phenoxy) is 3. The van der Waals surface area contributed by atoms with Crippen molar-refractivity contribution in [3.8, 4) is 11.6 Å². The van der Waals surface area contributed by atoms with Crippen molar-refractivity contribution in [2.75, 3.05) is 26.6 Å². The summed E-state index contributed by atoms with van der Waals surface area (Å²) < 4.78 is 21.5. The number of rotatable bonds is 7. The van der Waals surface area contributed by atoms with Crippen molar-refractivity contribution in [3.63, 3.8) is 0 Å². The van der Waals surface area contributed by atoms with E-state index in [-0.39, 0.29) is 6.04 Å². The lowest BCUT2D eigenvalue weighted by Crippen LogP contribution is -2.07. The van der Waals surface area contributed by atoms with E-state index in [1.165, 1.54) is 24.6 Å². The Kier molecular flexibility index (Phi) is 9.93. The summed E-state index contributed by atoms with van der Waals surface area (Å²) >= 11 is 1.53. The molecule has 0 bridgehead atoms. The summed E-state index contributed by atoms with van der Waals surface area (Å²) in [6.07, 6.45) is 5.55. The van der Waals surface area contributed by atoms with Crippen LogP contribution in [0.1, 0.15) is 44.4 Å². The first-order valence-electron chi connectivity index (χ1n) is 9.62. The zero-order valence-electron chi connectivity index (χ0n) is 17.1. The minimum atomic E-state index is 0.196. The van der Waals surface area contributed by atoms with E-state index < -0.39 is 0 Å². The van der Waals surface area contributed by atoms with Crippen LogP contribution in [0.25, 0.3) is 0 Å². The van der Waals surface area contributed by atoms with E-state index in [0.717, 1.165) is 29.4 Å². The highest BCUT2D eigenvalue weighted by atomic mass is 32.2. The summed E-state index contributed by atoms with van der Waals surface area (Å²) in [6.45, 7) is 6.21. The largest absolute Gasteiger partial charge is 0.497 e. The number of aromatic nitrogens is 1. The van der Waals surface area contributed by atoms with Gasteiger partial charge in [0.05, 0.1) is 25.8 Å². The van der Waals surface area contributed by atoms with Crippen LogP contribution in [0.3, 0.4) is 0 Å². The smallest absolute Gasteiger partial charge is 0.255 e. The topological polar surface area (TPSA) is 66.1 Å². The van der Waals surface area contributed by atoms with Crippen molar-refractivity contribution in [3.05, 3.63) is 41.7 Å². The molecule has 28 heavy (non-hydrogen) atoms. The molecular formula is C21H30N2O4S. The molecule has 1 unspecified atom stereocenters. The Morgan fingerprint density at radius 2 is 2.00 bits per heavy atom. The van der Waals surface area contributed by atoms with E-state index in [1.54, 1.807) is 13.2 Å². The molecule has 3 rings (SSSR count). The Labute approximate surface area is 171 Å². The van der Waals surface area contributed by atoms with E-state index in [4.69, 9.17) is 18.7 Å². The van der Waals surface area contributed by atoms with Crippen LogP contribution in [0.15, 0.2) is 39.8 Å². The summed E-state index contributed by atoms with van der Waals surface area (Å²) in [5, 5.41) is 4.78. The molecule has 0 N–H and O–H groups in total. The molecule has 2 heterocycles. The van der Waals surface area contributed by atoms with Crippen molar-refractivity contribution in [2.45, 2.75) is 45.8 Å².